The van der Waals surface area contributed by atoms with Gasteiger partial charge in [-0.1, -0.05) is 13.3 Å². The van der Waals surface area contributed by atoms with E-state index in [-0.39, 0.29) is 0 Å². The van der Waals surface area contributed by atoms with E-state index in [0.29, 0.717) is 0 Å². The van der Waals surface area contributed by atoms with Gasteiger partial charge in [0, 0.05) is 0 Å². The summed E-state index contributed by atoms with van der Waals surface area (Å²) in [6, 6.07) is 0. The van der Waals surface area contributed by atoms with Crippen molar-refractivity contribution < 1.29 is 14.5 Å². The van der Waals surface area contributed by atoms with Gasteiger partial charge in [0.1, 0.15) is 6.20 Å². The molecule has 0 saturated heterocycles. The molecule has 0 aliphatic rings. The van der Waals surface area contributed by atoms with Crippen molar-refractivity contribution in [2.45, 2.75) is 26.3 Å². The molecule has 4 nitrogen and oxygen atoms in total. The quantitative estimate of drug-likeness (QED) is 0.500. The molecule has 1 aromatic heterocycles. The molecule has 0 radical (unpaired) electrons. The number of carbonyl (C=O) groups excluding carboxylic acids is 1. The standard InChI is InChI=1S/C11H16N2O2/c1-3-4-7-13-8-10(12(2)9-13)5-6-11(14)15/h5-6,8-9H,3-4,7H2,1-2H3/b6-5+. The zero-order valence-corrected chi connectivity index (χ0v) is 9.14. The summed E-state index contributed by atoms with van der Waals surface area (Å²) in [6.07, 6.45) is 8.72. The maximum absolute atomic E-state index is 10.2. The first-order valence-corrected chi connectivity index (χ1v) is 5.08. The van der Waals surface area contributed by atoms with Gasteiger partial charge in [0.2, 0.25) is 6.33 Å². The Morgan fingerprint density at radius 2 is 2.40 bits per heavy atom. The summed E-state index contributed by atoms with van der Waals surface area (Å²) >= 11 is 0. The van der Waals surface area contributed by atoms with Crippen molar-refractivity contribution in [3.63, 3.8) is 0 Å². The number of carboxylic acid groups (broad SMARTS) is 1. The molecule has 0 aromatic carbocycles. The summed E-state index contributed by atoms with van der Waals surface area (Å²) in [5, 5.41) is 10.2. The van der Waals surface area contributed by atoms with Crippen LogP contribution in [0.2, 0.25) is 0 Å². The molecule has 4 heteroatoms. The first-order valence-electron chi connectivity index (χ1n) is 5.08. The molecule has 0 amide bonds. The average molecular weight is 208 g/mol. The number of carboxylic acids is 1. The van der Waals surface area contributed by atoms with Crippen molar-refractivity contribution >= 4 is 12.0 Å². The van der Waals surface area contributed by atoms with E-state index in [2.05, 4.69) is 11.5 Å². The number of carbonyl (C=O) groups is 1. The topological polar surface area (TPSA) is 48.9 Å². The Morgan fingerprint density at radius 3 is 3.00 bits per heavy atom. The van der Waals surface area contributed by atoms with Crippen LogP contribution in [0.25, 0.3) is 6.08 Å². The third-order valence-electron chi connectivity index (χ3n) is 2.19. The number of nitrogens with zero attached hydrogens (tertiary/aromatic N) is 2. The minimum absolute atomic E-state index is 0.857. The van der Waals surface area contributed by atoms with E-state index >= 15 is 0 Å². The van der Waals surface area contributed by atoms with Gasteiger partial charge in [0.15, 0.2) is 5.69 Å². The van der Waals surface area contributed by atoms with Crippen LogP contribution in [-0.2, 0) is 18.4 Å². The molecule has 15 heavy (non-hydrogen) atoms. The monoisotopic (exact) mass is 208 g/mol. The molecule has 0 fully saturated rings. The highest BCUT2D eigenvalue weighted by atomic mass is 16.4. The van der Waals surface area contributed by atoms with E-state index < -0.39 is 5.97 Å². The van der Waals surface area contributed by atoms with Crippen molar-refractivity contribution in [3.05, 3.63) is 24.3 Å². The Balaban J connectivity index is 2.72. The first kappa shape index (κ1) is 11.5. The SMILES string of the molecule is CCCC[n+]1cc(/C=C/C(=O)[O-])n(C)c1. The summed E-state index contributed by atoms with van der Waals surface area (Å²) in [5.74, 6) is -1.17. The van der Waals surface area contributed by atoms with Crippen molar-refractivity contribution in [1.29, 1.82) is 0 Å². The minimum Gasteiger partial charge on any atom is -0.545 e. The molecular formula is C11H16N2O2. The van der Waals surface area contributed by atoms with E-state index in [0.717, 1.165) is 31.2 Å². The minimum atomic E-state index is -1.17. The van der Waals surface area contributed by atoms with Gasteiger partial charge < -0.3 is 9.90 Å². The van der Waals surface area contributed by atoms with Crippen LogP contribution in [-0.4, -0.2) is 10.5 Å². The molecule has 0 N–H and O–H groups in total. The third kappa shape index (κ3) is 3.58. The van der Waals surface area contributed by atoms with Gasteiger partial charge in [-0.3, -0.25) is 0 Å². The highest BCUT2D eigenvalue weighted by Gasteiger charge is 2.06. The molecule has 1 heterocycles. The Morgan fingerprint density at radius 1 is 1.67 bits per heavy atom. The molecule has 0 atom stereocenters. The number of rotatable bonds is 5. The van der Waals surface area contributed by atoms with Crippen molar-refractivity contribution in [3.8, 4) is 0 Å². The van der Waals surface area contributed by atoms with Gasteiger partial charge in [0.05, 0.1) is 19.6 Å². The van der Waals surface area contributed by atoms with E-state index in [4.69, 9.17) is 0 Å². The Kier molecular flexibility index (Phi) is 4.09. The molecule has 0 unspecified atom stereocenters. The highest BCUT2D eigenvalue weighted by Crippen LogP contribution is 1.98. The van der Waals surface area contributed by atoms with Gasteiger partial charge in [-0.05, 0) is 18.6 Å². The molecule has 1 rings (SSSR count). The predicted molar refractivity (Wildman–Crippen MR) is 54.6 cm³/mol. The number of aryl methyl sites for hydroxylation is 2. The molecule has 82 valence electrons. The van der Waals surface area contributed by atoms with E-state index in [1.165, 1.54) is 6.08 Å². The van der Waals surface area contributed by atoms with E-state index in [9.17, 15) is 9.90 Å². The second-order valence-electron chi connectivity index (χ2n) is 3.52. The van der Waals surface area contributed by atoms with Gasteiger partial charge in [0.25, 0.3) is 0 Å². The number of aromatic nitrogens is 2. The first-order chi connectivity index (χ1) is 7.13. The van der Waals surface area contributed by atoms with Crippen LogP contribution in [0.1, 0.15) is 25.5 Å². The Hall–Kier alpha value is -1.58. The van der Waals surface area contributed by atoms with Gasteiger partial charge in [-0.15, -0.1) is 0 Å². The lowest BCUT2D eigenvalue weighted by Crippen LogP contribution is -2.30. The summed E-state index contributed by atoms with van der Waals surface area (Å²) in [7, 11) is 1.89. The molecule has 0 bridgehead atoms. The van der Waals surface area contributed by atoms with Crippen LogP contribution in [0, 0.1) is 0 Å². The lowest BCUT2D eigenvalue weighted by Gasteiger charge is -1.90. The Bertz CT molecular complexity index is 367. The predicted octanol–water partition coefficient (Wildman–Crippen LogP) is -0.124. The summed E-state index contributed by atoms with van der Waals surface area (Å²) in [5.41, 5.74) is 0.857. The molecule has 0 aliphatic carbocycles. The maximum Gasteiger partial charge on any atom is 0.244 e. The Labute approximate surface area is 89.5 Å². The lowest BCUT2D eigenvalue weighted by molar-refractivity contribution is -0.696. The third-order valence-corrected chi connectivity index (χ3v) is 2.19. The van der Waals surface area contributed by atoms with E-state index in [1.54, 1.807) is 0 Å². The van der Waals surface area contributed by atoms with Crippen LogP contribution in [0.5, 0.6) is 0 Å². The van der Waals surface area contributed by atoms with Crippen molar-refractivity contribution in [2.75, 3.05) is 0 Å². The number of aliphatic carboxylic acids is 1. The van der Waals surface area contributed by atoms with Crippen molar-refractivity contribution in [1.82, 2.24) is 4.57 Å². The summed E-state index contributed by atoms with van der Waals surface area (Å²) in [4.78, 5) is 10.2. The maximum atomic E-state index is 10.2. The van der Waals surface area contributed by atoms with Crippen LogP contribution in [0.3, 0.4) is 0 Å². The van der Waals surface area contributed by atoms with Crippen molar-refractivity contribution in [2.24, 2.45) is 7.05 Å². The normalized spacial score (nSPS) is 11.1. The summed E-state index contributed by atoms with van der Waals surface area (Å²) < 4.78 is 3.94. The summed E-state index contributed by atoms with van der Waals surface area (Å²) in [6.45, 7) is 3.10. The molecule has 1 aromatic rings. The molecular weight excluding hydrogens is 192 g/mol. The number of hydrogen-bond donors (Lipinski definition) is 0. The number of imidazole rings is 1. The smallest absolute Gasteiger partial charge is 0.244 e. The van der Waals surface area contributed by atoms with Crippen LogP contribution in [0.15, 0.2) is 18.6 Å². The molecule has 0 spiro atoms. The number of hydrogen-bond acceptors (Lipinski definition) is 2. The second kappa shape index (κ2) is 5.34. The second-order valence-corrected chi connectivity index (χ2v) is 3.52. The lowest BCUT2D eigenvalue weighted by atomic mass is 10.3. The zero-order valence-electron chi connectivity index (χ0n) is 9.14. The van der Waals surface area contributed by atoms with Crippen LogP contribution in [0.4, 0.5) is 0 Å². The molecule has 0 aliphatic heterocycles. The largest absolute Gasteiger partial charge is 0.545 e. The van der Waals surface area contributed by atoms with Crippen LogP contribution >= 0.6 is 0 Å². The van der Waals surface area contributed by atoms with Gasteiger partial charge >= 0.3 is 0 Å². The fourth-order valence-electron chi connectivity index (χ4n) is 1.36. The van der Waals surface area contributed by atoms with Crippen LogP contribution < -0.4 is 9.67 Å². The van der Waals surface area contributed by atoms with Gasteiger partial charge in [-0.2, -0.15) is 0 Å². The zero-order chi connectivity index (χ0) is 11.3. The van der Waals surface area contributed by atoms with E-state index in [1.807, 2.05) is 24.1 Å². The highest BCUT2D eigenvalue weighted by molar-refractivity contribution is 5.83. The fourth-order valence-corrected chi connectivity index (χ4v) is 1.36. The number of unbranched alkanes of at least 4 members (excludes halogenated alkanes) is 1. The average Bonchev–Trinajstić information content (AvgIpc) is 2.53. The molecule has 0 saturated carbocycles. The van der Waals surface area contributed by atoms with Gasteiger partial charge in [-0.25, -0.2) is 9.13 Å². The fraction of sp³-hybridized carbons (Fsp3) is 0.455.